The van der Waals surface area contributed by atoms with Crippen LogP contribution in [0.3, 0.4) is 0 Å². The van der Waals surface area contributed by atoms with Gasteiger partial charge in [-0.15, -0.1) is 0 Å². The zero-order valence-corrected chi connectivity index (χ0v) is 20.8. The van der Waals surface area contributed by atoms with Gasteiger partial charge in [-0.1, -0.05) is 5.92 Å². The molecule has 1 aromatic carbocycles. The minimum atomic E-state index is -0.611. The quantitative estimate of drug-likeness (QED) is 0.406. The van der Waals surface area contributed by atoms with Crippen LogP contribution in [0.15, 0.2) is 48.9 Å². The Labute approximate surface area is 214 Å². The summed E-state index contributed by atoms with van der Waals surface area (Å²) in [6, 6.07) is 9.10. The smallest absolute Gasteiger partial charge is 0.435 e. The first kappa shape index (κ1) is 24.3. The summed E-state index contributed by atoms with van der Waals surface area (Å²) in [5.41, 5.74) is 1.91. The molecule has 0 spiro atoms. The highest BCUT2D eigenvalue weighted by molar-refractivity contribution is 5.88. The normalized spacial score (nSPS) is 17.3. The van der Waals surface area contributed by atoms with Crippen LogP contribution in [0.1, 0.15) is 51.3 Å². The standard InChI is InChI=1S/C27H27N7O3/c1-27(2,3)37-26(36)34-23-9-5-17(14-18(23)16-30-34)4-6-19-10-12-28-24(31-19)22-11-13-29-25(33-22)32-20-7-8-21(35)15-20/h5,9-14,16,20-21,35H,7-8,15H2,1-3H3,(H,29,32,33). The predicted molar refractivity (Wildman–Crippen MR) is 138 cm³/mol. The highest BCUT2D eigenvalue weighted by Crippen LogP contribution is 2.22. The van der Waals surface area contributed by atoms with Crippen LogP contribution in [-0.4, -0.2) is 58.7 Å². The first-order valence-electron chi connectivity index (χ1n) is 12.1. The number of aliphatic hydroxyl groups is 1. The van der Waals surface area contributed by atoms with E-state index in [-0.39, 0.29) is 12.1 Å². The van der Waals surface area contributed by atoms with E-state index in [1.54, 1.807) is 36.8 Å². The molecule has 37 heavy (non-hydrogen) atoms. The van der Waals surface area contributed by atoms with Crippen molar-refractivity contribution in [1.82, 2.24) is 29.7 Å². The van der Waals surface area contributed by atoms with Crippen molar-refractivity contribution in [2.45, 2.75) is 57.8 Å². The van der Waals surface area contributed by atoms with E-state index < -0.39 is 11.7 Å². The third kappa shape index (κ3) is 5.90. The summed E-state index contributed by atoms with van der Waals surface area (Å²) < 4.78 is 6.66. The lowest BCUT2D eigenvalue weighted by molar-refractivity contribution is 0.0522. The highest BCUT2D eigenvalue weighted by Gasteiger charge is 2.23. The lowest BCUT2D eigenvalue weighted by Crippen LogP contribution is -2.27. The molecule has 3 heterocycles. The number of aromatic nitrogens is 6. The molecule has 2 N–H and O–H groups in total. The second-order valence-electron chi connectivity index (χ2n) is 9.90. The number of rotatable bonds is 3. The van der Waals surface area contributed by atoms with Gasteiger partial charge in [-0.3, -0.25) is 0 Å². The fourth-order valence-electron chi connectivity index (χ4n) is 4.07. The van der Waals surface area contributed by atoms with Crippen LogP contribution in [0.5, 0.6) is 0 Å². The molecule has 1 aliphatic rings. The fourth-order valence-corrected chi connectivity index (χ4v) is 4.07. The molecule has 0 amide bonds. The summed E-state index contributed by atoms with van der Waals surface area (Å²) >= 11 is 0. The average Bonchev–Trinajstić information content (AvgIpc) is 3.47. The van der Waals surface area contributed by atoms with E-state index in [0.29, 0.717) is 35.1 Å². The van der Waals surface area contributed by atoms with Crippen molar-refractivity contribution in [2.24, 2.45) is 0 Å². The van der Waals surface area contributed by atoms with Gasteiger partial charge in [0.15, 0.2) is 5.82 Å². The van der Waals surface area contributed by atoms with Gasteiger partial charge in [0, 0.05) is 29.4 Å². The number of hydrogen-bond donors (Lipinski definition) is 2. The Morgan fingerprint density at radius 2 is 1.95 bits per heavy atom. The van der Waals surface area contributed by atoms with Crippen molar-refractivity contribution in [2.75, 3.05) is 5.32 Å². The van der Waals surface area contributed by atoms with Crippen molar-refractivity contribution < 1.29 is 14.6 Å². The van der Waals surface area contributed by atoms with Crippen LogP contribution in [0, 0.1) is 11.8 Å². The topological polar surface area (TPSA) is 128 Å². The van der Waals surface area contributed by atoms with Gasteiger partial charge in [0.2, 0.25) is 5.95 Å². The third-order valence-corrected chi connectivity index (χ3v) is 5.75. The lowest BCUT2D eigenvalue weighted by atomic mass is 10.1. The summed E-state index contributed by atoms with van der Waals surface area (Å²) in [4.78, 5) is 30.1. The van der Waals surface area contributed by atoms with Crippen LogP contribution < -0.4 is 5.32 Å². The Morgan fingerprint density at radius 1 is 1.11 bits per heavy atom. The molecule has 2 unspecified atom stereocenters. The maximum absolute atomic E-state index is 12.4. The van der Waals surface area contributed by atoms with Gasteiger partial charge in [0.25, 0.3) is 0 Å². The zero-order valence-electron chi connectivity index (χ0n) is 20.8. The molecule has 0 radical (unpaired) electrons. The summed E-state index contributed by atoms with van der Waals surface area (Å²) in [5.74, 6) is 7.10. The molecule has 5 rings (SSSR count). The number of carbonyl (C=O) groups is 1. The number of ether oxygens (including phenoxy) is 1. The van der Waals surface area contributed by atoms with E-state index >= 15 is 0 Å². The number of nitrogens with one attached hydrogen (secondary N) is 1. The van der Waals surface area contributed by atoms with Gasteiger partial charge in [-0.05, 0) is 76.3 Å². The van der Waals surface area contributed by atoms with Gasteiger partial charge in [0.1, 0.15) is 17.0 Å². The van der Waals surface area contributed by atoms with Crippen molar-refractivity contribution in [3.63, 3.8) is 0 Å². The molecule has 10 nitrogen and oxygen atoms in total. The summed E-state index contributed by atoms with van der Waals surface area (Å²) in [7, 11) is 0. The minimum absolute atomic E-state index is 0.150. The number of nitrogens with zero attached hydrogens (tertiary/aromatic N) is 6. The minimum Gasteiger partial charge on any atom is -0.442 e. The number of anilines is 1. The number of carbonyl (C=O) groups excluding carboxylic acids is 1. The van der Waals surface area contributed by atoms with E-state index in [4.69, 9.17) is 4.74 Å². The lowest BCUT2D eigenvalue weighted by Gasteiger charge is -2.19. The first-order valence-corrected chi connectivity index (χ1v) is 12.1. The second-order valence-corrected chi connectivity index (χ2v) is 9.90. The molecule has 4 aromatic rings. The Kier molecular flexibility index (Phi) is 6.54. The predicted octanol–water partition coefficient (Wildman–Crippen LogP) is 3.79. The van der Waals surface area contributed by atoms with Crippen molar-refractivity contribution >= 4 is 22.9 Å². The van der Waals surface area contributed by atoms with E-state index in [1.165, 1.54) is 4.68 Å². The number of benzene rings is 1. The molecule has 10 heteroatoms. The first-order chi connectivity index (χ1) is 17.7. The van der Waals surface area contributed by atoms with E-state index in [2.05, 4.69) is 42.2 Å². The Balaban J connectivity index is 1.33. The SMILES string of the molecule is CC(C)(C)OC(=O)n1ncc2cc(C#Cc3ccnc(-c4ccnc(NC5CCC(O)C5)n4)n3)ccc21. The molecule has 2 atom stereocenters. The summed E-state index contributed by atoms with van der Waals surface area (Å²) in [6.07, 6.45) is 6.44. The number of hydrogen-bond acceptors (Lipinski definition) is 9. The molecular weight excluding hydrogens is 470 g/mol. The number of aliphatic hydroxyl groups excluding tert-OH is 1. The van der Waals surface area contributed by atoms with Gasteiger partial charge < -0.3 is 15.2 Å². The zero-order chi connectivity index (χ0) is 26.0. The van der Waals surface area contributed by atoms with E-state index in [1.807, 2.05) is 32.9 Å². The van der Waals surface area contributed by atoms with Crippen LogP contribution in [-0.2, 0) is 4.74 Å². The van der Waals surface area contributed by atoms with Crippen molar-refractivity contribution in [1.29, 1.82) is 0 Å². The fraction of sp³-hybridized carbons (Fsp3) is 0.333. The average molecular weight is 498 g/mol. The second kappa shape index (κ2) is 9.95. The summed E-state index contributed by atoms with van der Waals surface area (Å²) in [5, 5.41) is 18.0. The van der Waals surface area contributed by atoms with Crippen LogP contribution >= 0.6 is 0 Å². The van der Waals surface area contributed by atoms with E-state index in [9.17, 15) is 9.90 Å². The van der Waals surface area contributed by atoms with E-state index in [0.717, 1.165) is 23.8 Å². The monoisotopic (exact) mass is 497 g/mol. The van der Waals surface area contributed by atoms with Crippen molar-refractivity contribution in [3.05, 3.63) is 60.2 Å². The molecule has 0 saturated heterocycles. The van der Waals surface area contributed by atoms with Crippen LogP contribution in [0.25, 0.3) is 22.4 Å². The molecule has 188 valence electrons. The van der Waals surface area contributed by atoms with Gasteiger partial charge in [-0.25, -0.2) is 24.7 Å². The largest absolute Gasteiger partial charge is 0.442 e. The number of fused-ring (bicyclic) bond motifs is 1. The van der Waals surface area contributed by atoms with Gasteiger partial charge >= 0.3 is 6.09 Å². The Bertz CT molecular complexity index is 1510. The maximum atomic E-state index is 12.4. The molecular formula is C27H27N7O3. The molecule has 3 aromatic heterocycles. The third-order valence-electron chi connectivity index (χ3n) is 5.75. The van der Waals surface area contributed by atoms with Crippen LogP contribution in [0.4, 0.5) is 10.7 Å². The molecule has 1 aliphatic carbocycles. The molecule has 0 bridgehead atoms. The Hall–Kier alpha value is -4.36. The molecule has 0 aliphatic heterocycles. The Morgan fingerprint density at radius 3 is 2.73 bits per heavy atom. The maximum Gasteiger partial charge on any atom is 0.435 e. The molecule has 1 fully saturated rings. The summed E-state index contributed by atoms with van der Waals surface area (Å²) in [6.45, 7) is 5.43. The van der Waals surface area contributed by atoms with Gasteiger partial charge in [0.05, 0.1) is 17.8 Å². The highest BCUT2D eigenvalue weighted by atomic mass is 16.6. The van der Waals surface area contributed by atoms with Crippen LogP contribution in [0.2, 0.25) is 0 Å². The molecule has 1 saturated carbocycles. The van der Waals surface area contributed by atoms with Gasteiger partial charge in [-0.2, -0.15) is 9.78 Å². The van der Waals surface area contributed by atoms with Crippen molar-refractivity contribution in [3.8, 4) is 23.4 Å².